The Morgan fingerprint density at radius 3 is 2.48 bits per heavy atom. The summed E-state index contributed by atoms with van der Waals surface area (Å²) in [6.45, 7) is 12.2. The Morgan fingerprint density at radius 1 is 1.12 bits per heavy atom. The van der Waals surface area contributed by atoms with E-state index in [-0.39, 0.29) is 24.0 Å². The summed E-state index contributed by atoms with van der Waals surface area (Å²) >= 11 is 0. The quantitative estimate of drug-likeness (QED) is 0.265. The number of aromatic nitrogens is 2. The summed E-state index contributed by atoms with van der Waals surface area (Å²) in [5.74, 6) is 1.78. The maximum Gasteiger partial charge on any atom is 0.225 e. The molecule has 1 aliphatic rings. The molecule has 0 radical (unpaired) electrons. The number of aliphatic imine (C=N–C) groups is 1. The zero-order valence-electron chi connectivity index (χ0n) is 15.4. The van der Waals surface area contributed by atoms with E-state index in [9.17, 15) is 0 Å². The van der Waals surface area contributed by atoms with Gasteiger partial charge < -0.3 is 15.5 Å². The van der Waals surface area contributed by atoms with Crippen molar-refractivity contribution in [1.29, 1.82) is 0 Å². The van der Waals surface area contributed by atoms with E-state index in [4.69, 9.17) is 0 Å². The van der Waals surface area contributed by atoms with Gasteiger partial charge in [-0.2, -0.15) is 0 Å². The van der Waals surface area contributed by atoms with Gasteiger partial charge in [0.1, 0.15) is 0 Å². The van der Waals surface area contributed by atoms with Crippen molar-refractivity contribution < 1.29 is 0 Å². The van der Waals surface area contributed by atoms with Crippen molar-refractivity contribution >= 4 is 35.9 Å². The fourth-order valence-corrected chi connectivity index (χ4v) is 2.70. The number of nitrogens with zero attached hydrogens (tertiary/aromatic N) is 5. The number of hydrogen-bond acceptors (Lipinski definition) is 5. The summed E-state index contributed by atoms with van der Waals surface area (Å²) in [6.07, 6.45) is 5.81. The van der Waals surface area contributed by atoms with Gasteiger partial charge in [0.2, 0.25) is 5.95 Å². The SMILES string of the molecule is CCCN=C(NCC)NCCCN1CCN(c2ncccn2)CC1.I. The first-order valence-corrected chi connectivity index (χ1v) is 9.10. The molecule has 0 atom stereocenters. The van der Waals surface area contributed by atoms with Gasteiger partial charge in [-0.25, -0.2) is 9.97 Å². The van der Waals surface area contributed by atoms with Crippen LogP contribution < -0.4 is 15.5 Å². The van der Waals surface area contributed by atoms with Crippen molar-refractivity contribution in [3.05, 3.63) is 18.5 Å². The molecule has 1 aromatic rings. The van der Waals surface area contributed by atoms with Crippen LogP contribution in [0.15, 0.2) is 23.5 Å². The number of halogens is 1. The standard InChI is InChI=1S/C17H31N7.HI/c1-3-7-19-16(18-4-2)20-10-6-11-23-12-14-24(15-13-23)17-21-8-5-9-22-17;/h5,8-9H,3-4,6-7,10-15H2,1-2H3,(H2,18,19,20);1H. The molecule has 2 heterocycles. The van der Waals surface area contributed by atoms with Gasteiger partial charge in [-0.1, -0.05) is 6.92 Å². The van der Waals surface area contributed by atoms with E-state index in [1.54, 1.807) is 0 Å². The number of anilines is 1. The molecule has 1 aromatic heterocycles. The lowest BCUT2D eigenvalue weighted by Crippen LogP contribution is -2.47. The van der Waals surface area contributed by atoms with Crippen molar-refractivity contribution in [1.82, 2.24) is 25.5 Å². The van der Waals surface area contributed by atoms with Crippen molar-refractivity contribution in [3.8, 4) is 0 Å². The highest BCUT2D eigenvalue weighted by atomic mass is 127. The summed E-state index contributed by atoms with van der Waals surface area (Å²) in [4.78, 5) is 18.0. The number of rotatable bonds is 8. The number of hydrogen-bond donors (Lipinski definition) is 2. The monoisotopic (exact) mass is 461 g/mol. The minimum absolute atomic E-state index is 0. The molecule has 1 saturated heterocycles. The van der Waals surface area contributed by atoms with Crippen molar-refractivity contribution in [3.63, 3.8) is 0 Å². The molecule has 1 aliphatic heterocycles. The van der Waals surface area contributed by atoms with Gasteiger partial charge in [0, 0.05) is 58.2 Å². The van der Waals surface area contributed by atoms with Gasteiger partial charge in [0.25, 0.3) is 0 Å². The van der Waals surface area contributed by atoms with Crippen molar-refractivity contribution in [2.24, 2.45) is 4.99 Å². The predicted molar refractivity (Wildman–Crippen MR) is 115 cm³/mol. The van der Waals surface area contributed by atoms with Crippen LogP contribution in [0.3, 0.4) is 0 Å². The smallest absolute Gasteiger partial charge is 0.225 e. The molecule has 142 valence electrons. The normalized spacial score (nSPS) is 15.6. The van der Waals surface area contributed by atoms with Gasteiger partial charge in [-0.3, -0.25) is 9.89 Å². The Balaban J connectivity index is 0.00000312. The van der Waals surface area contributed by atoms with Crippen molar-refractivity contribution in [2.75, 3.05) is 57.3 Å². The fourth-order valence-electron chi connectivity index (χ4n) is 2.70. The molecule has 0 aromatic carbocycles. The zero-order chi connectivity index (χ0) is 17.0. The highest BCUT2D eigenvalue weighted by Crippen LogP contribution is 2.09. The number of piperazine rings is 1. The summed E-state index contributed by atoms with van der Waals surface area (Å²) in [6, 6.07) is 1.86. The van der Waals surface area contributed by atoms with Gasteiger partial charge in [0.05, 0.1) is 0 Å². The third kappa shape index (κ3) is 8.17. The molecular formula is C17H32IN7. The molecule has 8 heteroatoms. The lowest BCUT2D eigenvalue weighted by molar-refractivity contribution is 0.254. The maximum atomic E-state index is 4.52. The molecule has 0 amide bonds. The van der Waals surface area contributed by atoms with E-state index in [0.717, 1.165) is 77.1 Å². The summed E-state index contributed by atoms with van der Waals surface area (Å²) in [5.41, 5.74) is 0. The Morgan fingerprint density at radius 2 is 1.84 bits per heavy atom. The Bertz CT molecular complexity index is 475. The molecule has 2 rings (SSSR count). The van der Waals surface area contributed by atoms with Gasteiger partial charge in [-0.15, -0.1) is 24.0 Å². The van der Waals surface area contributed by atoms with E-state index in [2.05, 4.69) is 49.2 Å². The van der Waals surface area contributed by atoms with Crippen LogP contribution in [0.25, 0.3) is 0 Å². The van der Waals surface area contributed by atoms with Crippen LogP contribution in [-0.2, 0) is 0 Å². The zero-order valence-corrected chi connectivity index (χ0v) is 17.8. The molecule has 0 bridgehead atoms. The van der Waals surface area contributed by atoms with Gasteiger partial charge >= 0.3 is 0 Å². The third-order valence-corrected chi connectivity index (χ3v) is 3.99. The lowest BCUT2D eigenvalue weighted by atomic mass is 10.3. The summed E-state index contributed by atoms with van der Waals surface area (Å²) in [7, 11) is 0. The third-order valence-electron chi connectivity index (χ3n) is 3.99. The number of nitrogens with one attached hydrogen (secondary N) is 2. The van der Waals surface area contributed by atoms with Crippen LogP contribution in [0.1, 0.15) is 26.7 Å². The van der Waals surface area contributed by atoms with Crippen LogP contribution in [0.2, 0.25) is 0 Å². The largest absolute Gasteiger partial charge is 0.357 e. The van der Waals surface area contributed by atoms with Gasteiger partial charge in [-0.05, 0) is 32.4 Å². The minimum atomic E-state index is 0. The molecular weight excluding hydrogens is 429 g/mol. The second-order valence-electron chi connectivity index (χ2n) is 5.92. The van der Waals surface area contributed by atoms with Crippen LogP contribution in [0.4, 0.5) is 5.95 Å². The molecule has 1 fully saturated rings. The maximum absolute atomic E-state index is 4.52. The Labute approximate surface area is 168 Å². The molecule has 0 aliphatic carbocycles. The first kappa shape index (κ1) is 21.9. The second-order valence-corrected chi connectivity index (χ2v) is 5.92. The topological polar surface area (TPSA) is 68.7 Å². The first-order valence-electron chi connectivity index (χ1n) is 9.10. The number of guanidine groups is 1. The minimum Gasteiger partial charge on any atom is -0.357 e. The van der Waals surface area contributed by atoms with Crippen LogP contribution in [-0.4, -0.2) is 73.2 Å². The lowest BCUT2D eigenvalue weighted by Gasteiger charge is -2.34. The van der Waals surface area contributed by atoms with Crippen LogP contribution in [0, 0.1) is 0 Å². The second kappa shape index (κ2) is 13.1. The Kier molecular flexibility index (Phi) is 11.5. The average Bonchev–Trinajstić information content (AvgIpc) is 2.64. The predicted octanol–water partition coefficient (Wildman–Crippen LogP) is 1.57. The molecule has 0 spiro atoms. The molecule has 2 N–H and O–H groups in total. The molecule has 7 nitrogen and oxygen atoms in total. The van der Waals surface area contributed by atoms with E-state index >= 15 is 0 Å². The average molecular weight is 461 g/mol. The highest BCUT2D eigenvalue weighted by molar-refractivity contribution is 14.0. The molecule has 0 unspecified atom stereocenters. The summed E-state index contributed by atoms with van der Waals surface area (Å²) < 4.78 is 0. The van der Waals surface area contributed by atoms with Crippen molar-refractivity contribution in [2.45, 2.75) is 26.7 Å². The van der Waals surface area contributed by atoms with E-state index in [0.29, 0.717) is 0 Å². The van der Waals surface area contributed by atoms with E-state index in [1.165, 1.54) is 0 Å². The van der Waals surface area contributed by atoms with Gasteiger partial charge in [0.15, 0.2) is 5.96 Å². The fraction of sp³-hybridized carbons (Fsp3) is 0.706. The van der Waals surface area contributed by atoms with Crippen LogP contribution in [0.5, 0.6) is 0 Å². The van der Waals surface area contributed by atoms with E-state index < -0.39 is 0 Å². The first-order chi connectivity index (χ1) is 11.8. The van der Waals surface area contributed by atoms with E-state index in [1.807, 2.05) is 18.5 Å². The van der Waals surface area contributed by atoms with Crippen LogP contribution >= 0.6 is 24.0 Å². The highest BCUT2D eigenvalue weighted by Gasteiger charge is 2.18. The Hall–Kier alpha value is -1.16. The molecule has 0 saturated carbocycles. The summed E-state index contributed by atoms with van der Waals surface area (Å²) in [5, 5.41) is 6.70. The molecule has 25 heavy (non-hydrogen) atoms.